The van der Waals surface area contributed by atoms with E-state index >= 15 is 0 Å². The molecule has 18 heavy (non-hydrogen) atoms. The summed E-state index contributed by atoms with van der Waals surface area (Å²) in [6.45, 7) is 4.87. The van der Waals surface area contributed by atoms with Crippen LogP contribution in [0.25, 0.3) is 0 Å². The second-order valence-corrected chi connectivity index (χ2v) is 6.59. The Labute approximate surface area is 112 Å². The molecule has 2 nitrogen and oxygen atoms in total. The second kappa shape index (κ2) is 4.54. The first kappa shape index (κ1) is 12.0. The number of thiophene rings is 1. The van der Waals surface area contributed by atoms with Crippen LogP contribution < -0.4 is 0 Å². The third-order valence-corrected chi connectivity index (χ3v) is 4.77. The molecule has 1 aromatic rings. The molecule has 3 heteroatoms. The van der Waals surface area contributed by atoms with Gasteiger partial charge in [-0.3, -0.25) is 4.79 Å². The molecule has 1 unspecified atom stereocenters. The van der Waals surface area contributed by atoms with E-state index in [0.717, 1.165) is 18.5 Å². The number of fused-ring (bicyclic) bond motifs is 1. The number of carbonyl (C=O) groups is 1. The van der Waals surface area contributed by atoms with Gasteiger partial charge in [-0.2, -0.15) is 0 Å². The average Bonchev–Trinajstić information content (AvgIpc) is 3.03. The summed E-state index contributed by atoms with van der Waals surface area (Å²) in [5.74, 6) is 0.900. The van der Waals surface area contributed by atoms with Crippen molar-refractivity contribution in [3.05, 3.63) is 33.5 Å². The summed E-state index contributed by atoms with van der Waals surface area (Å²) >= 11 is 1.85. The van der Waals surface area contributed by atoms with E-state index in [1.807, 2.05) is 25.2 Å². The normalized spacial score (nSPS) is 22.6. The molecule has 0 aromatic carbocycles. The lowest BCUT2D eigenvalue weighted by molar-refractivity contribution is -0.129. The molecule has 0 saturated heterocycles. The van der Waals surface area contributed by atoms with Crippen molar-refractivity contribution >= 4 is 17.2 Å². The van der Waals surface area contributed by atoms with Gasteiger partial charge in [0.15, 0.2) is 0 Å². The predicted molar refractivity (Wildman–Crippen MR) is 74.6 cm³/mol. The first-order chi connectivity index (χ1) is 8.66. The lowest BCUT2D eigenvalue weighted by Gasteiger charge is -2.35. The minimum absolute atomic E-state index is 0.198. The topological polar surface area (TPSA) is 20.3 Å². The summed E-state index contributed by atoms with van der Waals surface area (Å²) in [7, 11) is 0. The van der Waals surface area contributed by atoms with Crippen LogP contribution in [0.3, 0.4) is 0 Å². The van der Waals surface area contributed by atoms with Crippen molar-refractivity contribution < 1.29 is 4.79 Å². The van der Waals surface area contributed by atoms with E-state index in [9.17, 15) is 4.79 Å². The molecule has 1 amide bonds. The molecule has 0 bridgehead atoms. The summed E-state index contributed by atoms with van der Waals surface area (Å²) in [6, 6.07) is 2.58. The first-order valence-corrected chi connectivity index (χ1v) is 7.56. The maximum Gasteiger partial charge on any atom is 0.247 e. The Bertz CT molecular complexity index is 494. The third kappa shape index (κ3) is 2.12. The highest BCUT2D eigenvalue weighted by molar-refractivity contribution is 7.10. The highest BCUT2D eigenvalue weighted by atomic mass is 32.1. The maximum absolute atomic E-state index is 12.3. The van der Waals surface area contributed by atoms with Crippen molar-refractivity contribution in [2.75, 3.05) is 6.54 Å². The van der Waals surface area contributed by atoms with E-state index in [2.05, 4.69) is 16.3 Å². The number of hydrogen-bond acceptors (Lipinski definition) is 2. The smallest absolute Gasteiger partial charge is 0.247 e. The summed E-state index contributed by atoms with van der Waals surface area (Å²) in [6.07, 6.45) is 5.36. The van der Waals surface area contributed by atoms with Crippen LogP contribution in [0.4, 0.5) is 0 Å². The number of carbonyl (C=O) groups excluding carboxylic acids is 1. The van der Waals surface area contributed by atoms with Gasteiger partial charge in [-0.25, -0.2) is 0 Å². The fraction of sp³-hybridized carbons (Fsp3) is 0.533. The van der Waals surface area contributed by atoms with Gasteiger partial charge >= 0.3 is 0 Å². The number of amides is 1. The molecular formula is C15H19NOS. The van der Waals surface area contributed by atoms with Crippen molar-refractivity contribution in [2.24, 2.45) is 5.92 Å². The molecule has 2 aliphatic rings. The van der Waals surface area contributed by atoms with E-state index in [4.69, 9.17) is 0 Å². The average molecular weight is 261 g/mol. The summed E-state index contributed by atoms with van der Waals surface area (Å²) in [5.41, 5.74) is 2.51. The van der Waals surface area contributed by atoms with Crippen LogP contribution in [0.15, 0.2) is 23.1 Å². The monoisotopic (exact) mass is 261 g/mol. The van der Waals surface area contributed by atoms with Crippen LogP contribution in [-0.4, -0.2) is 17.4 Å². The largest absolute Gasteiger partial charge is 0.331 e. The minimum Gasteiger partial charge on any atom is -0.331 e. The standard InChI is InChI=1S/C15H19NOS/c1-10(2)9-14(17)16-7-5-13-12(6-8-18-13)15(16)11-3-4-11/h6,8-9,11,15H,3-5,7H2,1-2H3. The molecule has 0 radical (unpaired) electrons. The van der Waals surface area contributed by atoms with E-state index in [1.165, 1.54) is 23.3 Å². The van der Waals surface area contributed by atoms with Gasteiger partial charge in [0, 0.05) is 17.5 Å². The Hall–Kier alpha value is -1.09. The molecule has 2 heterocycles. The van der Waals surface area contributed by atoms with Crippen molar-refractivity contribution in [2.45, 2.75) is 39.2 Å². The predicted octanol–water partition coefficient (Wildman–Crippen LogP) is 3.55. The highest BCUT2D eigenvalue weighted by Crippen LogP contribution is 2.48. The van der Waals surface area contributed by atoms with Crippen molar-refractivity contribution in [3.63, 3.8) is 0 Å². The Kier molecular flexibility index (Phi) is 3.02. The van der Waals surface area contributed by atoms with Gasteiger partial charge in [0.1, 0.15) is 0 Å². The molecule has 0 N–H and O–H groups in total. The van der Waals surface area contributed by atoms with E-state index < -0.39 is 0 Å². The lowest BCUT2D eigenvalue weighted by Crippen LogP contribution is -2.39. The number of allylic oxidation sites excluding steroid dienone is 1. The van der Waals surface area contributed by atoms with Crippen LogP contribution >= 0.6 is 11.3 Å². The van der Waals surface area contributed by atoms with Crippen molar-refractivity contribution in [3.8, 4) is 0 Å². The minimum atomic E-state index is 0.198. The molecule has 1 saturated carbocycles. The number of nitrogens with zero attached hydrogens (tertiary/aromatic N) is 1. The lowest BCUT2D eigenvalue weighted by atomic mass is 9.95. The molecule has 1 aromatic heterocycles. The fourth-order valence-electron chi connectivity index (χ4n) is 2.84. The first-order valence-electron chi connectivity index (χ1n) is 6.68. The van der Waals surface area contributed by atoms with Gasteiger partial charge in [0.25, 0.3) is 0 Å². The molecular weight excluding hydrogens is 242 g/mol. The summed E-state index contributed by atoms with van der Waals surface area (Å²) in [4.78, 5) is 15.9. The Morgan fingerprint density at radius 3 is 2.89 bits per heavy atom. The van der Waals surface area contributed by atoms with Crippen LogP contribution in [0.5, 0.6) is 0 Å². The summed E-state index contributed by atoms with van der Waals surface area (Å²) in [5, 5.41) is 2.18. The van der Waals surface area contributed by atoms with Gasteiger partial charge in [-0.1, -0.05) is 5.57 Å². The molecule has 1 aliphatic carbocycles. The van der Waals surface area contributed by atoms with Crippen LogP contribution in [-0.2, 0) is 11.2 Å². The van der Waals surface area contributed by atoms with Gasteiger partial charge in [0.2, 0.25) is 5.91 Å². The van der Waals surface area contributed by atoms with Gasteiger partial charge < -0.3 is 4.90 Å². The van der Waals surface area contributed by atoms with Gasteiger partial charge in [-0.05, 0) is 56.0 Å². The fourth-order valence-corrected chi connectivity index (χ4v) is 3.76. The zero-order valence-corrected chi connectivity index (χ0v) is 11.8. The number of rotatable bonds is 2. The SMILES string of the molecule is CC(C)=CC(=O)N1CCc2sccc2C1C1CC1. The highest BCUT2D eigenvalue weighted by Gasteiger charge is 2.41. The zero-order chi connectivity index (χ0) is 12.7. The molecule has 1 fully saturated rings. The zero-order valence-electron chi connectivity index (χ0n) is 11.0. The Morgan fingerprint density at radius 1 is 1.44 bits per heavy atom. The molecule has 0 spiro atoms. The molecule has 1 aliphatic heterocycles. The molecule has 3 rings (SSSR count). The van der Waals surface area contributed by atoms with Crippen LogP contribution in [0.2, 0.25) is 0 Å². The van der Waals surface area contributed by atoms with Crippen molar-refractivity contribution in [1.29, 1.82) is 0 Å². The molecule has 1 atom stereocenters. The maximum atomic E-state index is 12.3. The summed E-state index contributed by atoms with van der Waals surface area (Å²) < 4.78 is 0. The number of hydrogen-bond donors (Lipinski definition) is 0. The Balaban J connectivity index is 1.91. The van der Waals surface area contributed by atoms with Crippen molar-refractivity contribution in [1.82, 2.24) is 4.90 Å². The van der Waals surface area contributed by atoms with Gasteiger partial charge in [0.05, 0.1) is 6.04 Å². The third-order valence-electron chi connectivity index (χ3n) is 3.78. The van der Waals surface area contributed by atoms with Gasteiger partial charge in [-0.15, -0.1) is 11.3 Å². The second-order valence-electron chi connectivity index (χ2n) is 5.58. The van der Waals surface area contributed by atoms with E-state index in [1.54, 1.807) is 6.08 Å². The van der Waals surface area contributed by atoms with Crippen LogP contribution in [0, 0.1) is 5.92 Å². The Morgan fingerprint density at radius 2 is 2.22 bits per heavy atom. The molecule has 96 valence electrons. The quantitative estimate of drug-likeness (QED) is 0.746. The van der Waals surface area contributed by atoms with E-state index in [0.29, 0.717) is 12.0 Å². The van der Waals surface area contributed by atoms with Crippen LogP contribution in [0.1, 0.15) is 43.2 Å². The van der Waals surface area contributed by atoms with E-state index in [-0.39, 0.29) is 5.91 Å².